The Kier molecular flexibility index (Phi) is 4.88. The third-order valence-corrected chi connectivity index (χ3v) is 2.92. The van der Waals surface area contributed by atoms with Crippen molar-refractivity contribution in [3.63, 3.8) is 0 Å². The van der Waals surface area contributed by atoms with E-state index in [1.54, 1.807) is 13.8 Å². The van der Waals surface area contributed by atoms with E-state index in [1.165, 1.54) is 25.3 Å². The minimum Gasteiger partial charge on any atom is -0.497 e. The van der Waals surface area contributed by atoms with Crippen LogP contribution in [0, 0.1) is 5.92 Å². The third-order valence-electron chi connectivity index (χ3n) is 2.92. The first kappa shape index (κ1) is 15.0. The Bertz CT molecular complexity index is 486. The lowest BCUT2D eigenvalue weighted by molar-refractivity contribution is -0.119. The summed E-state index contributed by atoms with van der Waals surface area (Å²) in [7, 11) is 1.46. The van der Waals surface area contributed by atoms with Gasteiger partial charge in [-0.25, -0.2) is 4.79 Å². The normalized spacial score (nSPS) is 13.5. The number of carboxylic acid groups (broad SMARTS) is 1. The summed E-state index contributed by atoms with van der Waals surface area (Å²) in [5.74, 6) is -1.40. The zero-order chi connectivity index (χ0) is 14.6. The molecule has 6 nitrogen and oxygen atoms in total. The van der Waals surface area contributed by atoms with Crippen molar-refractivity contribution in [3.05, 3.63) is 23.8 Å². The molecule has 19 heavy (non-hydrogen) atoms. The van der Waals surface area contributed by atoms with Crippen LogP contribution in [-0.2, 0) is 4.79 Å². The number of ether oxygens (including phenoxy) is 1. The first-order chi connectivity index (χ1) is 8.86. The van der Waals surface area contributed by atoms with E-state index in [4.69, 9.17) is 15.6 Å². The molecular formula is C13H18N2O4. The molecule has 1 amide bonds. The molecule has 0 fully saturated rings. The quantitative estimate of drug-likeness (QED) is 0.746. The van der Waals surface area contributed by atoms with E-state index < -0.39 is 11.9 Å². The Morgan fingerprint density at radius 2 is 2.00 bits per heavy atom. The SMILES string of the molecule is COc1ccc(C(=O)O)c(NC(=O)C(C)C(C)N)c1. The van der Waals surface area contributed by atoms with E-state index >= 15 is 0 Å². The molecule has 1 aromatic rings. The van der Waals surface area contributed by atoms with Crippen LogP contribution in [0.2, 0.25) is 0 Å². The van der Waals surface area contributed by atoms with E-state index in [0.29, 0.717) is 5.75 Å². The Morgan fingerprint density at radius 3 is 2.47 bits per heavy atom. The molecule has 1 aromatic carbocycles. The summed E-state index contributed by atoms with van der Waals surface area (Å²) < 4.78 is 5.01. The zero-order valence-electron chi connectivity index (χ0n) is 11.1. The molecule has 0 radical (unpaired) electrons. The second-order valence-electron chi connectivity index (χ2n) is 4.35. The van der Waals surface area contributed by atoms with E-state index in [-0.39, 0.29) is 23.2 Å². The fourth-order valence-corrected chi connectivity index (χ4v) is 1.43. The van der Waals surface area contributed by atoms with E-state index in [9.17, 15) is 9.59 Å². The van der Waals surface area contributed by atoms with Crippen molar-refractivity contribution in [2.24, 2.45) is 11.7 Å². The highest BCUT2D eigenvalue weighted by molar-refractivity contribution is 6.01. The highest BCUT2D eigenvalue weighted by Crippen LogP contribution is 2.23. The number of carboxylic acids is 1. The summed E-state index contributed by atoms with van der Waals surface area (Å²) >= 11 is 0. The average Bonchev–Trinajstić information content (AvgIpc) is 2.36. The van der Waals surface area contributed by atoms with Crippen LogP contribution in [-0.4, -0.2) is 30.1 Å². The topological polar surface area (TPSA) is 102 Å². The summed E-state index contributed by atoms with van der Waals surface area (Å²) in [5.41, 5.74) is 5.85. The molecule has 0 aliphatic rings. The van der Waals surface area contributed by atoms with Gasteiger partial charge in [0.05, 0.1) is 24.3 Å². The largest absolute Gasteiger partial charge is 0.497 e. The summed E-state index contributed by atoms with van der Waals surface area (Å²) in [6.07, 6.45) is 0. The number of rotatable bonds is 5. The number of hydrogen-bond donors (Lipinski definition) is 3. The van der Waals surface area contributed by atoms with Crippen molar-refractivity contribution in [1.29, 1.82) is 0 Å². The van der Waals surface area contributed by atoms with Crippen LogP contribution in [0.5, 0.6) is 5.75 Å². The summed E-state index contributed by atoms with van der Waals surface area (Å²) in [6.45, 7) is 3.40. The molecule has 0 saturated heterocycles. The maximum absolute atomic E-state index is 11.9. The van der Waals surface area contributed by atoms with Crippen LogP contribution in [0.1, 0.15) is 24.2 Å². The molecule has 2 atom stereocenters. The van der Waals surface area contributed by atoms with E-state index in [2.05, 4.69) is 5.32 Å². The Morgan fingerprint density at radius 1 is 1.37 bits per heavy atom. The van der Waals surface area contributed by atoms with Crippen LogP contribution in [0.15, 0.2) is 18.2 Å². The number of hydrogen-bond acceptors (Lipinski definition) is 4. The van der Waals surface area contributed by atoms with Crippen molar-refractivity contribution < 1.29 is 19.4 Å². The van der Waals surface area contributed by atoms with Crippen molar-refractivity contribution >= 4 is 17.6 Å². The van der Waals surface area contributed by atoms with Crippen LogP contribution in [0.3, 0.4) is 0 Å². The van der Waals surface area contributed by atoms with Gasteiger partial charge in [0.25, 0.3) is 0 Å². The average molecular weight is 266 g/mol. The predicted octanol–water partition coefficient (Wildman–Crippen LogP) is 1.32. The second kappa shape index (κ2) is 6.19. The number of anilines is 1. The first-order valence-electron chi connectivity index (χ1n) is 5.84. The fourth-order valence-electron chi connectivity index (χ4n) is 1.43. The monoisotopic (exact) mass is 266 g/mol. The molecule has 0 aromatic heterocycles. The lowest BCUT2D eigenvalue weighted by Gasteiger charge is -2.16. The molecule has 4 N–H and O–H groups in total. The highest BCUT2D eigenvalue weighted by atomic mass is 16.5. The number of amides is 1. The van der Waals surface area contributed by atoms with Gasteiger partial charge in [-0.3, -0.25) is 4.79 Å². The van der Waals surface area contributed by atoms with Gasteiger partial charge in [-0.15, -0.1) is 0 Å². The van der Waals surface area contributed by atoms with Gasteiger partial charge < -0.3 is 20.9 Å². The van der Waals surface area contributed by atoms with Gasteiger partial charge in [0, 0.05) is 12.1 Å². The number of nitrogens with two attached hydrogens (primary N) is 1. The molecule has 1 rings (SSSR count). The third kappa shape index (κ3) is 3.69. The van der Waals surface area contributed by atoms with Gasteiger partial charge in [0.15, 0.2) is 0 Å². The van der Waals surface area contributed by atoms with Gasteiger partial charge in [-0.05, 0) is 19.1 Å². The van der Waals surface area contributed by atoms with Gasteiger partial charge in [0.2, 0.25) is 5.91 Å². The molecule has 0 aliphatic heterocycles. The molecule has 104 valence electrons. The number of nitrogens with one attached hydrogen (secondary N) is 1. The summed E-state index contributed by atoms with van der Waals surface area (Å²) in [4.78, 5) is 23.0. The highest BCUT2D eigenvalue weighted by Gasteiger charge is 2.20. The predicted molar refractivity (Wildman–Crippen MR) is 71.4 cm³/mol. The number of benzene rings is 1. The number of carbonyl (C=O) groups is 2. The molecule has 6 heteroatoms. The molecule has 0 spiro atoms. The summed E-state index contributed by atoms with van der Waals surface area (Å²) in [5, 5.41) is 11.6. The van der Waals surface area contributed by atoms with Crippen molar-refractivity contribution in [1.82, 2.24) is 0 Å². The molecule has 0 heterocycles. The maximum atomic E-state index is 11.9. The maximum Gasteiger partial charge on any atom is 0.337 e. The smallest absolute Gasteiger partial charge is 0.337 e. The Balaban J connectivity index is 3.04. The molecule has 0 aliphatic carbocycles. The van der Waals surface area contributed by atoms with Crippen molar-refractivity contribution in [3.8, 4) is 5.75 Å². The van der Waals surface area contributed by atoms with Crippen LogP contribution in [0.4, 0.5) is 5.69 Å². The zero-order valence-corrected chi connectivity index (χ0v) is 11.1. The molecule has 0 saturated carbocycles. The number of aromatic carboxylic acids is 1. The first-order valence-corrected chi connectivity index (χ1v) is 5.84. The van der Waals surface area contributed by atoms with Crippen LogP contribution >= 0.6 is 0 Å². The van der Waals surface area contributed by atoms with Gasteiger partial charge in [0.1, 0.15) is 5.75 Å². The standard InChI is InChI=1S/C13H18N2O4/c1-7(8(2)14)12(16)15-11-6-9(19-3)4-5-10(11)13(17)18/h4-8H,14H2,1-3H3,(H,15,16)(H,17,18). The lowest BCUT2D eigenvalue weighted by atomic mass is 10.0. The van der Waals surface area contributed by atoms with Crippen LogP contribution < -0.4 is 15.8 Å². The van der Waals surface area contributed by atoms with E-state index in [0.717, 1.165) is 0 Å². The second-order valence-corrected chi connectivity index (χ2v) is 4.35. The fraction of sp³-hybridized carbons (Fsp3) is 0.385. The summed E-state index contributed by atoms with van der Waals surface area (Å²) in [6, 6.07) is 4.05. The Hall–Kier alpha value is -2.08. The molecule has 2 unspecified atom stereocenters. The van der Waals surface area contributed by atoms with Gasteiger partial charge >= 0.3 is 5.97 Å². The molecule has 0 bridgehead atoms. The number of carbonyl (C=O) groups excluding carboxylic acids is 1. The van der Waals surface area contributed by atoms with Gasteiger partial charge in [-0.2, -0.15) is 0 Å². The lowest BCUT2D eigenvalue weighted by Crippen LogP contribution is -2.34. The number of methoxy groups -OCH3 is 1. The van der Waals surface area contributed by atoms with Crippen molar-refractivity contribution in [2.75, 3.05) is 12.4 Å². The minimum atomic E-state index is -1.12. The minimum absolute atomic E-state index is 0.00558. The van der Waals surface area contributed by atoms with Gasteiger partial charge in [-0.1, -0.05) is 6.92 Å². The molecular weight excluding hydrogens is 248 g/mol. The Labute approximate surface area is 111 Å². The van der Waals surface area contributed by atoms with Crippen LogP contribution in [0.25, 0.3) is 0 Å². The van der Waals surface area contributed by atoms with Crippen molar-refractivity contribution in [2.45, 2.75) is 19.9 Å². The van der Waals surface area contributed by atoms with E-state index in [1.807, 2.05) is 0 Å².